The van der Waals surface area contributed by atoms with Crippen molar-refractivity contribution < 1.29 is 13.0 Å². The summed E-state index contributed by atoms with van der Waals surface area (Å²) in [4.78, 5) is 7.25. The first kappa shape index (κ1) is 11.5. The third-order valence-corrected chi connectivity index (χ3v) is 3.20. The van der Waals surface area contributed by atoms with Crippen LogP contribution in [0.1, 0.15) is 0 Å². The summed E-state index contributed by atoms with van der Waals surface area (Å²) in [5.74, 6) is 0. The second kappa shape index (κ2) is 3.81. The van der Waals surface area contributed by atoms with Gasteiger partial charge in [0.15, 0.2) is 0 Å². The Hall–Kier alpha value is -0.950. The largest absolute Gasteiger partial charge is 0.294 e. The molecule has 0 saturated heterocycles. The van der Waals surface area contributed by atoms with E-state index in [0.29, 0.717) is 10.9 Å². The summed E-state index contributed by atoms with van der Waals surface area (Å²) in [6.45, 7) is 0. The van der Waals surface area contributed by atoms with Gasteiger partial charge in [-0.25, -0.2) is 9.97 Å². The van der Waals surface area contributed by atoms with Crippen molar-refractivity contribution in [2.24, 2.45) is 0 Å². The molecule has 1 heterocycles. The minimum Gasteiger partial charge on any atom is -0.282 e. The maximum Gasteiger partial charge on any atom is 0.294 e. The van der Waals surface area contributed by atoms with Crippen molar-refractivity contribution in [2.45, 2.75) is 4.90 Å². The smallest absolute Gasteiger partial charge is 0.282 e. The topological polar surface area (TPSA) is 80.2 Å². The van der Waals surface area contributed by atoms with Gasteiger partial charge in [-0.15, -0.1) is 0 Å². The zero-order valence-corrected chi connectivity index (χ0v) is 9.88. The monoisotopic (exact) mass is 278 g/mol. The Morgan fingerprint density at radius 3 is 2.50 bits per heavy atom. The lowest BCUT2D eigenvalue weighted by atomic mass is 10.2. The number of nitrogens with zero attached hydrogens (tertiary/aromatic N) is 2. The van der Waals surface area contributed by atoms with E-state index in [9.17, 15) is 8.42 Å². The van der Waals surface area contributed by atoms with Gasteiger partial charge in [-0.1, -0.05) is 11.6 Å². The Bertz CT molecular complexity index is 672. The molecule has 1 aromatic carbocycles. The van der Waals surface area contributed by atoms with Crippen molar-refractivity contribution in [1.29, 1.82) is 0 Å². The molecular weight excluding hydrogens is 275 g/mol. The highest BCUT2D eigenvalue weighted by molar-refractivity contribution is 7.85. The molecule has 1 aromatic heterocycles. The summed E-state index contributed by atoms with van der Waals surface area (Å²) < 4.78 is 30.7. The maximum absolute atomic E-state index is 10.9. The molecule has 5 nitrogen and oxygen atoms in total. The van der Waals surface area contributed by atoms with Crippen LogP contribution in [0.4, 0.5) is 0 Å². The lowest BCUT2D eigenvalue weighted by molar-refractivity contribution is 0.483. The van der Waals surface area contributed by atoms with E-state index >= 15 is 0 Å². The molecule has 0 atom stereocenters. The van der Waals surface area contributed by atoms with Crippen LogP contribution in [0, 0.1) is 0 Å². The average molecular weight is 279 g/mol. The van der Waals surface area contributed by atoms with Crippen LogP contribution in [0.3, 0.4) is 0 Å². The molecule has 1 N–H and O–H groups in total. The first-order chi connectivity index (χ1) is 7.38. The summed E-state index contributed by atoms with van der Waals surface area (Å²) in [6.07, 6.45) is 0. The third-order valence-electron chi connectivity index (χ3n) is 1.89. The number of fused-ring (bicyclic) bond motifs is 1. The summed E-state index contributed by atoms with van der Waals surface area (Å²) in [6, 6.07) is 3.78. The number of rotatable bonds is 1. The minimum atomic E-state index is -4.27. The Labute approximate surface area is 101 Å². The quantitative estimate of drug-likeness (QED) is 0.491. The van der Waals surface area contributed by atoms with Crippen LogP contribution in [0.5, 0.6) is 0 Å². The molecule has 0 spiro atoms. The molecule has 0 bridgehead atoms. The SMILES string of the molecule is O=S(=O)(O)c1ccc2nc(Cl)nc(Cl)c2c1. The number of benzene rings is 1. The van der Waals surface area contributed by atoms with Crippen LogP contribution in [0.25, 0.3) is 10.9 Å². The molecule has 0 radical (unpaired) electrons. The van der Waals surface area contributed by atoms with Crippen LogP contribution >= 0.6 is 23.2 Å². The molecule has 0 saturated carbocycles. The van der Waals surface area contributed by atoms with E-state index < -0.39 is 10.1 Å². The van der Waals surface area contributed by atoms with Crippen LogP contribution in [-0.4, -0.2) is 22.9 Å². The molecule has 0 aliphatic heterocycles. The van der Waals surface area contributed by atoms with Crippen molar-refractivity contribution in [1.82, 2.24) is 9.97 Å². The Balaban J connectivity index is 2.82. The molecular formula is C8H4Cl2N2O3S. The number of hydrogen-bond donors (Lipinski definition) is 1. The predicted octanol–water partition coefficient (Wildman–Crippen LogP) is 2.18. The van der Waals surface area contributed by atoms with Gasteiger partial charge in [-0.2, -0.15) is 8.42 Å². The van der Waals surface area contributed by atoms with Gasteiger partial charge in [-0.3, -0.25) is 4.55 Å². The van der Waals surface area contributed by atoms with Gasteiger partial charge in [0.25, 0.3) is 10.1 Å². The summed E-state index contributed by atoms with van der Waals surface area (Å²) >= 11 is 11.4. The third kappa shape index (κ3) is 2.10. The van der Waals surface area contributed by atoms with E-state index in [1.54, 1.807) is 0 Å². The van der Waals surface area contributed by atoms with E-state index in [1.165, 1.54) is 18.2 Å². The van der Waals surface area contributed by atoms with Crippen molar-refractivity contribution >= 4 is 44.2 Å². The fourth-order valence-corrected chi connectivity index (χ4v) is 2.16. The first-order valence-electron chi connectivity index (χ1n) is 3.98. The van der Waals surface area contributed by atoms with E-state index in [0.717, 1.165) is 0 Å². The van der Waals surface area contributed by atoms with Crippen molar-refractivity contribution in [3.05, 3.63) is 28.6 Å². The van der Waals surface area contributed by atoms with Crippen LogP contribution in [0.2, 0.25) is 10.4 Å². The fourth-order valence-electron chi connectivity index (χ4n) is 1.20. The van der Waals surface area contributed by atoms with Gasteiger partial charge in [-0.05, 0) is 29.8 Å². The van der Waals surface area contributed by atoms with E-state index in [1.807, 2.05) is 0 Å². The number of hydrogen-bond acceptors (Lipinski definition) is 4. The summed E-state index contributed by atoms with van der Waals surface area (Å²) in [5, 5.41) is 0.304. The molecule has 8 heteroatoms. The number of aromatic nitrogens is 2. The Morgan fingerprint density at radius 1 is 1.19 bits per heavy atom. The lowest BCUT2D eigenvalue weighted by Crippen LogP contribution is -1.98. The fraction of sp³-hybridized carbons (Fsp3) is 0. The molecule has 16 heavy (non-hydrogen) atoms. The molecule has 0 amide bonds. The molecule has 2 rings (SSSR count). The minimum absolute atomic E-state index is 0.0282. The highest BCUT2D eigenvalue weighted by atomic mass is 35.5. The van der Waals surface area contributed by atoms with Gasteiger partial charge < -0.3 is 0 Å². The highest BCUT2D eigenvalue weighted by Crippen LogP contribution is 2.24. The van der Waals surface area contributed by atoms with Gasteiger partial charge >= 0.3 is 0 Å². The molecule has 0 aliphatic carbocycles. The average Bonchev–Trinajstić information content (AvgIpc) is 2.15. The van der Waals surface area contributed by atoms with Gasteiger partial charge in [0.05, 0.1) is 10.4 Å². The molecule has 0 fully saturated rings. The van der Waals surface area contributed by atoms with E-state index in [2.05, 4.69) is 9.97 Å². The second-order valence-corrected chi connectivity index (χ2v) is 5.06. The zero-order valence-electron chi connectivity index (χ0n) is 7.55. The normalized spacial score (nSPS) is 11.9. The second-order valence-electron chi connectivity index (χ2n) is 2.94. The number of halogens is 2. The van der Waals surface area contributed by atoms with E-state index in [-0.39, 0.29) is 15.3 Å². The predicted molar refractivity (Wildman–Crippen MR) is 59.4 cm³/mol. The Kier molecular flexibility index (Phi) is 2.75. The molecule has 84 valence electrons. The molecule has 2 aromatic rings. The highest BCUT2D eigenvalue weighted by Gasteiger charge is 2.12. The van der Waals surface area contributed by atoms with E-state index in [4.69, 9.17) is 27.8 Å². The van der Waals surface area contributed by atoms with Crippen LogP contribution in [-0.2, 0) is 10.1 Å². The van der Waals surface area contributed by atoms with Gasteiger partial charge in [0.2, 0.25) is 5.28 Å². The standard InChI is InChI=1S/C8H4Cl2N2O3S/c9-7-5-3-4(16(13,14)15)1-2-6(5)11-8(10)12-7/h1-3H,(H,13,14,15). The van der Waals surface area contributed by atoms with Crippen LogP contribution in [0.15, 0.2) is 23.1 Å². The lowest BCUT2D eigenvalue weighted by Gasteiger charge is -2.02. The van der Waals surface area contributed by atoms with Crippen molar-refractivity contribution in [3.8, 4) is 0 Å². The zero-order chi connectivity index (χ0) is 11.9. The summed E-state index contributed by atoms with van der Waals surface area (Å²) in [7, 11) is -4.27. The summed E-state index contributed by atoms with van der Waals surface area (Å²) in [5.41, 5.74) is 0.400. The van der Waals surface area contributed by atoms with Gasteiger partial charge in [0, 0.05) is 5.39 Å². The molecule has 0 unspecified atom stereocenters. The maximum atomic E-state index is 10.9. The van der Waals surface area contributed by atoms with Crippen molar-refractivity contribution in [3.63, 3.8) is 0 Å². The Morgan fingerprint density at radius 2 is 1.88 bits per heavy atom. The molecule has 0 aliphatic rings. The van der Waals surface area contributed by atoms with Crippen molar-refractivity contribution in [2.75, 3.05) is 0 Å². The van der Waals surface area contributed by atoms with Crippen LogP contribution < -0.4 is 0 Å². The van der Waals surface area contributed by atoms with Gasteiger partial charge in [0.1, 0.15) is 5.15 Å². The first-order valence-corrected chi connectivity index (χ1v) is 6.18.